The number of hydrogen-bond acceptors (Lipinski definition) is 4. The highest BCUT2D eigenvalue weighted by atomic mass is 79.9. The van der Waals surface area contributed by atoms with Gasteiger partial charge in [-0.15, -0.1) is 23.1 Å². The van der Waals surface area contributed by atoms with Crippen LogP contribution in [0.2, 0.25) is 0 Å². The molecular formula is C14H13Br2NO2S2. The number of carbonyl (C=O) groups is 1. The average Bonchev–Trinajstić information content (AvgIpc) is 2.96. The number of thioether (sulfide) groups is 1. The third-order valence-electron chi connectivity index (χ3n) is 2.57. The van der Waals surface area contributed by atoms with E-state index in [4.69, 9.17) is 4.74 Å². The Hall–Kier alpha value is -0.500. The molecule has 0 saturated carbocycles. The van der Waals surface area contributed by atoms with Crippen LogP contribution in [0.5, 0.6) is 5.75 Å². The maximum Gasteiger partial charge on any atom is 0.234 e. The first kappa shape index (κ1) is 16.9. The van der Waals surface area contributed by atoms with Crippen LogP contribution in [-0.2, 0) is 10.5 Å². The number of anilines is 1. The number of rotatable bonds is 6. The normalized spacial score (nSPS) is 10.4. The van der Waals surface area contributed by atoms with Gasteiger partial charge in [-0.1, -0.05) is 6.07 Å². The van der Waals surface area contributed by atoms with Crippen LogP contribution in [-0.4, -0.2) is 18.8 Å². The van der Waals surface area contributed by atoms with Crippen molar-refractivity contribution in [2.24, 2.45) is 0 Å². The molecular weight excluding hydrogens is 438 g/mol. The number of benzene rings is 1. The maximum atomic E-state index is 12.0. The zero-order chi connectivity index (χ0) is 15.2. The summed E-state index contributed by atoms with van der Waals surface area (Å²) in [5.41, 5.74) is 0.720. The van der Waals surface area contributed by atoms with E-state index in [1.165, 1.54) is 4.88 Å². The molecule has 0 radical (unpaired) electrons. The van der Waals surface area contributed by atoms with Crippen LogP contribution in [0.3, 0.4) is 0 Å². The van der Waals surface area contributed by atoms with E-state index in [0.717, 1.165) is 26.1 Å². The van der Waals surface area contributed by atoms with Gasteiger partial charge in [0.15, 0.2) is 0 Å². The minimum atomic E-state index is -0.0249. The van der Waals surface area contributed by atoms with Crippen molar-refractivity contribution < 1.29 is 9.53 Å². The fourth-order valence-corrected chi connectivity index (χ4v) is 4.61. The van der Waals surface area contributed by atoms with E-state index < -0.39 is 0 Å². The minimum Gasteiger partial charge on any atom is -0.497 e. The van der Waals surface area contributed by atoms with Crippen LogP contribution in [0.1, 0.15) is 4.88 Å². The zero-order valence-corrected chi connectivity index (χ0v) is 16.0. The molecule has 3 nitrogen and oxygen atoms in total. The summed E-state index contributed by atoms with van der Waals surface area (Å²) in [6.07, 6.45) is 0. The van der Waals surface area contributed by atoms with E-state index in [2.05, 4.69) is 43.2 Å². The van der Waals surface area contributed by atoms with Crippen molar-refractivity contribution in [2.75, 3.05) is 18.2 Å². The Labute approximate surface area is 148 Å². The topological polar surface area (TPSA) is 38.3 Å². The number of methoxy groups -OCH3 is 1. The summed E-state index contributed by atoms with van der Waals surface area (Å²) in [5.74, 6) is 1.97. The lowest BCUT2D eigenvalue weighted by Crippen LogP contribution is -2.15. The lowest BCUT2D eigenvalue weighted by atomic mass is 10.3. The Kier molecular flexibility index (Phi) is 6.60. The Bertz CT molecular complexity index is 594. The molecule has 0 aliphatic heterocycles. The predicted molar refractivity (Wildman–Crippen MR) is 97.5 cm³/mol. The van der Waals surface area contributed by atoms with Gasteiger partial charge in [0, 0.05) is 19.6 Å². The van der Waals surface area contributed by atoms with E-state index >= 15 is 0 Å². The smallest absolute Gasteiger partial charge is 0.234 e. The maximum absolute atomic E-state index is 12.0. The summed E-state index contributed by atoms with van der Waals surface area (Å²) >= 11 is 10.2. The summed E-state index contributed by atoms with van der Waals surface area (Å²) in [5, 5.41) is 4.95. The Balaban J connectivity index is 1.90. The van der Waals surface area contributed by atoms with Crippen LogP contribution in [0.15, 0.2) is 38.6 Å². The molecule has 1 amide bonds. The van der Waals surface area contributed by atoms with Gasteiger partial charge < -0.3 is 10.1 Å². The number of ether oxygens (including phenoxy) is 1. The lowest BCUT2D eigenvalue weighted by molar-refractivity contribution is -0.113. The first-order chi connectivity index (χ1) is 10.1. The third-order valence-corrected chi connectivity index (χ3v) is 5.86. The molecule has 0 aliphatic carbocycles. The van der Waals surface area contributed by atoms with Gasteiger partial charge in [0.1, 0.15) is 5.75 Å². The second kappa shape index (κ2) is 8.22. The number of hydrogen-bond donors (Lipinski definition) is 1. The average molecular weight is 451 g/mol. The Morgan fingerprint density at radius 2 is 2.10 bits per heavy atom. The van der Waals surface area contributed by atoms with Crippen molar-refractivity contribution >= 4 is 66.6 Å². The van der Waals surface area contributed by atoms with Crippen LogP contribution < -0.4 is 10.1 Å². The van der Waals surface area contributed by atoms with Crippen molar-refractivity contribution in [1.29, 1.82) is 0 Å². The van der Waals surface area contributed by atoms with Gasteiger partial charge in [0.2, 0.25) is 5.91 Å². The van der Waals surface area contributed by atoms with Crippen LogP contribution in [0.4, 0.5) is 5.69 Å². The number of carbonyl (C=O) groups excluding carboxylic acids is 1. The number of thiophene rings is 1. The molecule has 0 fully saturated rings. The monoisotopic (exact) mass is 449 g/mol. The molecule has 1 heterocycles. The lowest BCUT2D eigenvalue weighted by Gasteiger charge is -2.11. The van der Waals surface area contributed by atoms with Crippen molar-refractivity contribution in [2.45, 2.75) is 5.75 Å². The third kappa shape index (κ3) is 5.02. The molecule has 0 atom stereocenters. The van der Waals surface area contributed by atoms with Crippen LogP contribution >= 0.6 is 55.0 Å². The van der Waals surface area contributed by atoms with E-state index in [9.17, 15) is 4.79 Å². The van der Waals surface area contributed by atoms with E-state index in [1.54, 1.807) is 30.2 Å². The molecule has 0 saturated heterocycles. The summed E-state index contributed by atoms with van der Waals surface area (Å²) in [7, 11) is 1.60. The Morgan fingerprint density at radius 1 is 1.38 bits per heavy atom. The molecule has 0 bridgehead atoms. The highest BCUT2D eigenvalue weighted by molar-refractivity contribution is 9.11. The summed E-state index contributed by atoms with van der Waals surface area (Å²) in [6, 6.07) is 7.73. The molecule has 1 aromatic carbocycles. The number of halogens is 2. The second-order valence-corrected chi connectivity index (χ2v) is 7.81. The highest BCUT2D eigenvalue weighted by Crippen LogP contribution is 2.35. The van der Waals surface area contributed by atoms with Crippen molar-refractivity contribution in [3.05, 3.63) is 43.5 Å². The molecule has 0 spiro atoms. The zero-order valence-electron chi connectivity index (χ0n) is 11.2. The molecule has 21 heavy (non-hydrogen) atoms. The molecule has 112 valence electrons. The van der Waals surface area contributed by atoms with E-state index in [-0.39, 0.29) is 5.91 Å². The number of nitrogens with one attached hydrogen (secondary N) is 1. The first-order valence-corrected chi connectivity index (χ1v) is 9.65. The van der Waals surface area contributed by atoms with Crippen LogP contribution in [0, 0.1) is 0 Å². The minimum absolute atomic E-state index is 0.0249. The molecule has 2 rings (SSSR count). The van der Waals surface area contributed by atoms with Gasteiger partial charge in [-0.25, -0.2) is 0 Å². The van der Waals surface area contributed by atoms with Gasteiger partial charge in [-0.2, -0.15) is 0 Å². The van der Waals surface area contributed by atoms with Gasteiger partial charge in [-0.05, 0) is 55.4 Å². The predicted octanol–water partition coefficient (Wildman–Crippen LogP) is 5.15. The molecule has 7 heteroatoms. The Morgan fingerprint density at radius 3 is 2.67 bits per heavy atom. The van der Waals surface area contributed by atoms with Crippen molar-refractivity contribution in [3.8, 4) is 5.75 Å². The summed E-state index contributed by atoms with van der Waals surface area (Å²) < 4.78 is 6.73. The molecule has 0 unspecified atom stereocenters. The van der Waals surface area contributed by atoms with E-state index in [1.807, 2.05) is 23.6 Å². The first-order valence-electron chi connectivity index (χ1n) is 6.03. The highest BCUT2D eigenvalue weighted by Gasteiger charge is 2.11. The quantitative estimate of drug-likeness (QED) is 0.660. The van der Waals surface area contributed by atoms with Gasteiger partial charge in [-0.3, -0.25) is 4.79 Å². The summed E-state index contributed by atoms with van der Waals surface area (Å²) in [4.78, 5) is 13.3. The fourth-order valence-electron chi connectivity index (χ4n) is 1.60. The number of amides is 1. The van der Waals surface area contributed by atoms with Crippen LogP contribution in [0.25, 0.3) is 0 Å². The molecule has 2 aromatic rings. The largest absolute Gasteiger partial charge is 0.497 e. The fraction of sp³-hybridized carbons (Fsp3) is 0.214. The van der Waals surface area contributed by atoms with Crippen molar-refractivity contribution in [1.82, 2.24) is 0 Å². The van der Waals surface area contributed by atoms with Gasteiger partial charge in [0.05, 0.1) is 18.6 Å². The molecule has 1 aromatic heterocycles. The standard InChI is InChI=1S/C14H13Br2NO2S2/c1-19-9-5-11(15)14(12(16)6-9)17-13(18)8-20-7-10-3-2-4-21-10/h2-6H,7-8H2,1H3,(H,17,18). The molecule has 1 N–H and O–H groups in total. The SMILES string of the molecule is COc1cc(Br)c(NC(=O)CSCc2cccs2)c(Br)c1. The molecule has 0 aliphatic rings. The summed E-state index contributed by atoms with van der Waals surface area (Å²) in [6.45, 7) is 0. The van der Waals surface area contributed by atoms with Gasteiger partial charge in [0.25, 0.3) is 0 Å². The van der Waals surface area contributed by atoms with Crippen molar-refractivity contribution in [3.63, 3.8) is 0 Å². The van der Waals surface area contributed by atoms with E-state index in [0.29, 0.717) is 5.75 Å². The second-order valence-electron chi connectivity index (χ2n) is 4.09. The van der Waals surface area contributed by atoms with Gasteiger partial charge >= 0.3 is 0 Å².